The number of amides is 2. The first-order valence-corrected chi connectivity index (χ1v) is 9.79. The van der Waals surface area contributed by atoms with Crippen molar-refractivity contribution in [1.82, 2.24) is 10.2 Å². The van der Waals surface area contributed by atoms with Gasteiger partial charge in [-0.05, 0) is 43.7 Å². The van der Waals surface area contributed by atoms with E-state index < -0.39 is 0 Å². The number of nitrogens with one attached hydrogen (secondary N) is 1. The van der Waals surface area contributed by atoms with Crippen molar-refractivity contribution in [3.05, 3.63) is 47.0 Å². The van der Waals surface area contributed by atoms with Crippen LogP contribution in [0.5, 0.6) is 0 Å². The molecule has 2 atom stereocenters. The summed E-state index contributed by atoms with van der Waals surface area (Å²) in [5.74, 6) is 0.664. The number of nitrogens with zero attached hydrogens (tertiary/aromatic N) is 1. The molecule has 1 fully saturated rings. The van der Waals surface area contributed by atoms with E-state index in [-0.39, 0.29) is 23.2 Å². The second-order valence-electron chi connectivity index (χ2n) is 6.65. The van der Waals surface area contributed by atoms with Crippen molar-refractivity contribution in [3.63, 3.8) is 0 Å². The third-order valence-electron chi connectivity index (χ3n) is 5.13. The van der Waals surface area contributed by atoms with Crippen molar-refractivity contribution in [3.8, 4) is 0 Å². The topological polar surface area (TPSA) is 49.4 Å². The fourth-order valence-electron chi connectivity index (χ4n) is 3.84. The van der Waals surface area contributed by atoms with Crippen LogP contribution in [-0.4, -0.2) is 35.1 Å². The zero-order valence-electron chi connectivity index (χ0n) is 13.7. The number of benzene rings is 1. The van der Waals surface area contributed by atoms with Crippen molar-refractivity contribution in [2.24, 2.45) is 0 Å². The molecule has 126 valence electrons. The monoisotopic (exact) mass is 342 g/mol. The Morgan fingerprint density at radius 3 is 3.00 bits per heavy atom. The van der Waals surface area contributed by atoms with Crippen LogP contribution in [0.3, 0.4) is 0 Å². The first kappa shape index (κ1) is 15.8. The summed E-state index contributed by atoms with van der Waals surface area (Å²) in [7, 11) is 0. The molecule has 2 aliphatic heterocycles. The van der Waals surface area contributed by atoms with Crippen LogP contribution in [-0.2, 0) is 4.79 Å². The molecule has 1 aliphatic carbocycles. The van der Waals surface area contributed by atoms with E-state index in [1.807, 2.05) is 24.3 Å². The van der Waals surface area contributed by atoms with E-state index in [0.29, 0.717) is 12.3 Å². The highest BCUT2D eigenvalue weighted by atomic mass is 32.2. The van der Waals surface area contributed by atoms with Gasteiger partial charge < -0.3 is 10.2 Å². The van der Waals surface area contributed by atoms with Gasteiger partial charge in [0.15, 0.2) is 0 Å². The highest BCUT2D eigenvalue weighted by Gasteiger charge is 2.48. The molecule has 1 N–H and O–H groups in total. The number of fused-ring (bicyclic) bond motifs is 3. The van der Waals surface area contributed by atoms with E-state index in [9.17, 15) is 9.59 Å². The lowest BCUT2D eigenvalue weighted by Crippen LogP contribution is -2.46. The summed E-state index contributed by atoms with van der Waals surface area (Å²) < 4.78 is 0. The van der Waals surface area contributed by atoms with Gasteiger partial charge in [0.2, 0.25) is 5.91 Å². The summed E-state index contributed by atoms with van der Waals surface area (Å²) in [6.45, 7) is 0.672. The first-order chi connectivity index (χ1) is 11.8. The number of hydrogen-bond donors (Lipinski definition) is 1. The van der Waals surface area contributed by atoms with E-state index in [2.05, 4.69) is 11.4 Å². The minimum absolute atomic E-state index is 0.00395. The summed E-state index contributed by atoms with van der Waals surface area (Å²) in [4.78, 5) is 27.0. The molecular weight excluding hydrogens is 320 g/mol. The summed E-state index contributed by atoms with van der Waals surface area (Å²) in [5, 5.41) is 3.05. The quantitative estimate of drug-likeness (QED) is 0.855. The van der Waals surface area contributed by atoms with Crippen LogP contribution < -0.4 is 5.32 Å². The fourth-order valence-corrected chi connectivity index (χ4v) is 5.30. The molecule has 4 rings (SSSR count). The molecular formula is C19H22N2O2S. The molecule has 2 amide bonds. The predicted molar refractivity (Wildman–Crippen MR) is 95.8 cm³/mol. The van der Waals surface area contributed by atoms with Gasteiger partial charge in [0.1, 0.15) is 11.4 Å². The minimum atomic E-state index is -0.347. The van der Waals surface area contributed by atoms with Crippen LogP contribution in [0.4, 0.5) is 0 Å². The number of carbonyl (C=O) groups is 2. The molecule has 3 aliphatic rings. The summed E-state index contributed by atoms with van der Waals surface area (Å²) in [6.07, 6.45) is 8.14. The Balaban J connectivity index is 1.38. The third kappa shape index (κ3) is 2.75. The average Bonchev–Trinajstić information content (AvgIpc) is 3.17. The lowest BCUT2D eigenvalue weighted by Gasteiger charge is -2.23. The highest BCUT2D eigenvalue weighted by Crippen LogP contribution is 2.47. The maximum absolute atomic E-state index is 12.6. The van der Waals surface area contributed by atoms with E-state index >= 15 is 0 Å². The van der Waals surface area contributed by atoms with Crippen LogP contribution in [0.15, 0.2) is 35.9 Å². The summed E-state index contributed by atoms with van der Waals surface area (Å²) in [6, 6.07) is 7.36. The Hall–Kier alpha value is -1.75. The molecule has 0 saturated carbocycles. The fraction of sp³-hybridized carbons (Fsp3) is 0.474. The molecule has 1 saturated heterocycles. The van der Waals surface area contributed by atoms with Crippen molar-refractivity contribution in [2.45, 2.75) is 43.5 Å². The first-order valence-electron chi connectivity index (χ1n) is 8.74. The van der Waals surface area contributed by atoms with Crippen LogP contribution in [0.25, 0.3) is 0 Å². The van der Waals surface area contributed by atoms with Gasteiger partial charge >= 0.3 is 0 Å². The lowest BCUT2D eigenvalue weighted by molar-refractivity contribution is -0.124. The number of hydrogen-bond acceptors (Lipinski definition) is 3. The SMILES string of the molecule is O=C(NCCC1=CCCCC1)[C@@H]1CS[C@@H]2c3ccccc3C(=O)N21. The molecule has 0 radical (unpaired) electrons. The number of rotatable bonds is 4. The molecule has 4 nitrogen and oxygen atoms in total. The van der Waals surface area contributed by atoms with E-state index in [1.54, 1.807) is 16.7 Å². The maximum Gasteiger partial charge on any atom is 0.256 e. The molecule has 5 heteroatoms. The van der Waals surface area contributed by atoms with Crippen LogP contribution in [0.2, 0.25) is 0 Å². The molecule has 2 heterocycles. The third-order valence-corrected chi connectivity index (χ3v) is 6.43. The van der Waals surface area contributed by atoms with Crippen LogP contribution >= 0.6 is 11.8 Å². The lowest BCUT2D eigenvalue weighted by atomic mass is 9.97. The number of thioether (sulfide) groups is 1. The Morgan fingerprint density at radius 2 is 2.17 bits per heavy atom. The van der Waals surface area contributed by atoms with Crippen molar-refractivity contribution >= 4 is 23.6 Å². The number of allylic oxidation sites excluding steroid dienone is 1. The molecule has 0 spiro atoms. The second-order valence-corrected chi connectivity index (χ2v) is 7.76. The Bertz CT molecular complexity index is 700. The van der Waals surface area contributed by atoms with Crippen LogP contribution in [0.1, 0.15) is 53.4 Å². The highest BCUT2D eigenvalue weighted by molar-refractivity contribution is 7.99. The van der Waals surface area contributed by atoms with Gasteiger partial charge in [0.05, 0.1) is 0 Å². The predicted octanol–water partition coefficient (Wildman–Crippen LogP) is 3.26. The van der Waals surface area contributed by atoms with Crippen molar-refractivity contribution in [2.75, 3.05) is 12.3 Å². The Kier molecular flexibility index (Phi) is 4.35. The van der Waals surface area contributed by atoms with Gasteiger partial charge in [-0.2, -0.15) is 0 Å². The van der Waals surface area contributed by atoms with Crippen LogP contribution in [0, 0.1) is 0 Å². The zero-order chi connectivity index (χ0) is 16.5. The van der Waals surface area contributed by atoms with Gasteiger partial charge in [0, 0.05) is 17.9 Å². The normalized spacial score (nSPS) is 25.2. The summed E-state index contributed by atoms with van der Waals surface area (Å²) in [5.41, 5.74) is 3.26. The number of carbonyl (C=O) groups excluding carboxylic acids is 2. The van der Waals surface area contributed by atoms with Crippen molar-refractivity contribution < 1.29 is 9.59 Å². The molecule has 1 aromatic rings. The standard InChI is InChI=1S/C19H22N2O2S/c22-17(20-11-10-13-6-2-1-3-7-13)16-12-24-19-15-9-5-4-8-14(15)18(23)21(16)19/h4-6,8-9,16,19H,1-3,7,10-12H2,(H,20,22)/t16-,19+/m0/s1. The van der Waals surface area contributed by atoms with Gasteiger partial charge in [0.25, 0.3) is 5.91 Å². The smallest absolute Gasteiger partial charge is 0.256 e. The summed E-state index contributed by atoms with van der Waals surface area (Å²) >= 11 is 1.69. The molecule has 0 unspecified atom stereocenters. The van der Waals surface area contributed by atoms with Gasteiger partial charge in [-0.15, -0.1) is 11.8 Å². The molecule has 0 bridgehead atoms. The minimum Gasteiger partial charge on any atom is -0.354 e. The largest absolute Gasteiger partial charge is 0.354 e. The average molecular weight is 342 g/mol. The maximum atomic E-state index is 12.6. The van der Waals surface area contributed by atoms with E-state index in [1.165, 1.54) is 24.8 Å². The van der Waals surface area contributed by atoms with Crippen molar-refractivity contribution in [1.29, 1.82) is 0 Å². The zero-order valence-corrected chi connectivity index (χ0v) is 14.5. The van der Waals surface area contributed by atoms with Gasteiger partial charge in [-0.25, -0.2) is 0 Å². The van der Waals surface area contributed by atoms with Gasteiger partial charge in [-0.3, -0.25) is 9.59 Å². The van der Waals surface area contributed by atoms with E-state index in [4.69, 9.17) is 0 Å². The van der Waals surface area contributed by atoms with Gasteiger partial charge in [-0.1, -0.05) is 29.8 Å². The Labute approximate surface area is 146 Å². The Morgan fingerprint density at radius 1 is 1.29 bits per heavy atom. The second kappa shape index (κ2) is 6.63. The molecule has 1 aromatic carbocycles. The molecule has 24 heavy (non-hydrogen) atoms. The molecule has 0 aromatic heterocycles. The van der Waals surface area contributed by atoms with E-state index in [0.717, 1.165) is 24.0 Å².